The van der Waals surface area contributed by atoms with Gasteiger partial charge in [0.1, 0.15) is 0 Å². The molecule has 32 heavy (non-hydrogen) atoms. The molecule has 0 N–H and O–H groups in total. The SMILES string of the molecule is CC(C)N1C(=O)C(=Nn2c(-c3ccccc3)csc2=Nc2cccnc2)c2ccccc21. The predicted molar refractivity (Wildman–Crippen MR) is 128 cm³/mol. The average Bonchev–Trinajstić information content (AvgIpc) is 3.33. The summed E-state index contributed by atoms with van der Waals surface area (Å²) in [5.41, 5.74) is 4.73. The molecule has 0 fully saturated rings. The maximum atomic E-state index is 13.4. The fourth-order valence-corrected chi connectivity index (χ4v) is 4.59. The van der Waals surface area contributed by atoms with Crippen LogP contribution in [0.1, 0.15) is 19.4 Å². The minimum Gasteiger partial charge on any atom is -0.304 e. The van der Waals surface area contributed by atoms with Crippen LogP contribution in [0.15, 0.2) is 94.6 Å². The van der Waals surface area contributed by atoms with Crippen LogP contribution in [0, 0.1) is 0 Å². The quantitative estimate of drug-likeness (QED) is 0.456. The molecule has 158 valence electrons. The van der Waals surface area contributed by atoms with Gasteiger partial charge >= 0.3 is 0 Å². The number of aromatic nitrogens is 2. The number of carbonyl (C=O) groups is 1. The maximum absolute atomic E-state index is 13.4. The number of hydrogen-bond acceptors (Lipinski definition) is 5. The maximum Gasteiger partial charge on any atom is 0.279 e. The second-order valence-electron chi connectivity index (χ2n) is 7.64. The first-order valence-corrected chi connectivity index (χ1v) is 11.2. The van der Waals surface area contributed by atoms with E-state index in [9.17, 15) is 4.79 Å². The average molecular weight is 440 g/mol. The lowest BCUT2D eigenvalue weighted by atomic mass is 10.1. The number of anilines is 1. The van der Waals surface area contributed by atoms with Crippen molar-refractivity contribution in [3.63, 3.8) is 0 Å². The molecule has 7 heteroatoms. The Morgan fingerprint density at radius 3 is 2.50 bits per heavy atom. The highest BCUT2D eigenvalue weighted by molar-refractivity contribution is 7.07. The molecular formula is C25H21N5OS. The third-order valence-corrected chi connectivity index (χ3v) is 6.00. The number of para-hydroxylation sites is 1. The van der Waals surface area contributed by atoms with E-state index in [0.29, 0.717) is 10.5 Å². The van der Waals surface area contributed by atoms with Crippen LogP contribution in [0.4, 0.5) is 11.4 Å². The number of nitrogens with zero attached hydrogens (tertiary/aromatic N) is 5. The molecule has 0 saturated carbocycles. The molecule has 0 saturated heterocycles. The molecule has 2 aromatic carbocycles. The summed E-state index contributed by atoms with van der Waals surface area (Å²) in [5, 5.41) is 6.90. The van der Waals surface area contributed by atoms with Gasteiger partial charge in [0.2, 0.25) is 4.80 Å². The highest BCUT2D eigenvalue weighted by Crippen LogP contribution is 2.31. The topological polar surface area (TPSA) is 62.9 Å². The van der Waals surface area contributed by atoms with Crippen molar-refractivity contribution in [1.82, 2.24) is 9.66 Å². The van der Waals surface area contributed by atoms with Crippen LogP contribution in [0.3, 0.4) is 0 Å². The largest absolute Gasteiger partial charge is 0.304 e. The van der Waals surface area contributed by atoms with Crippen molar-refractivity contribution >= 4 is 34.3 Å². The van der Waals surface area contributed by atoms with Crippen molar-refractivity contribution in [3.8, 4) is 11.3 Å². The highest BCUT2D eigenvalue weighted by atomic mass is 32.1. The number of rotatable bonds is 4. The third-order valence-electron chi connectivity index (χ3n) is 5.18. The Hall–Kier alpha value is -3.84. The van der Waals surface area contributed by atoms with Gasteiger partial charge in [0.25, 0.3) is 5.91 Å². The van der Waals surface area contributed by atoms with Crippen LogP contribution in [0.5, 0.6) is 0 Å². The van der Waals surface area contributed by atoms with Gasteiger partial charge in [-0.25, -0.2) is 9.67 Å². The number of fused-ring (bicyclic) bond motifs is 1. The van der Waals surface area contributed by atoms with Crippen LogP contribution < -0.4 is 9.70 Å². The van der Waals surface area contributed by atoms with Crippen molar-refractivity contribution in [3.05, 3.63) is 94.9 Å². The molecule has 2 aromatic heterocycles. The summed E-state index contributed by atoms with van der Waals surface area (Å²) in [6.45, 7) is 4.02. The Kier molecular flexibility index (Phi) is 5.25. The van der Waals surface area contributed by atoms with Crippen LogP contribution in [-0.2, 0) is 4.79 Å². The lowest BCUT2D eigenvalue weighted by Gasteiger charge is -2.20. The van der Waals surface area contributed by atoms with Crippen molar-refractivity contribution < 1.29 is 4.79 Å². The summed E-state index contributed by atoms with van der Waals surface area (Å²) in [7, 11) is 0. The first-order valence-electron chi connectivity index (χ1n) is 10.4. The van der Waals surface area contributed by atoms with E-state index in [-0.39, 0.29) is 11.9 Å². The molecule has 0 atom stereocenters. The van der Waals surface area contributed by atoms with Gasteiger partial charge in [-0.2, -0.15) is 5.10 Å². The summed E-state index contributed by atoms with van der Waals surface area (Å²) in [5.74, 6) is -0.105. The molecule has 0 unspecified atom stereocenters. The number of pyridine rings is 1. The molecule has 1 aliphatic heterocycles. The normalized spacial score (nSPS) is 15.1. The monoisotopic (exact) mass is 439 g/mol. The Balaban J connectivity index is 1.74. The van der Waals surface area contributed by atoms with Gasteiger partial charge in [-0.05, 0) is 32.0 Å². The van der Waals surface area contributed by atoms with Crippen LogP contribution in [-0.4, -0.2) is 27.3 Å². The molecule has 0 radical (unpaired) electrons. The van der Waals surface area contributed by atoms with Crippen molar-refractivity contribution in [1.29, 1.82) is 0 Å². The van der Waals surface area contributed by atoms with Gasteiger partial charge in [0, 0.05) is 28.7 Å². The zero-order chi connectivity index (χ0) is 22.1. The van der Waals surface area contributed by atoms with Gasteiger partial charge < -0.3 is 4.90 Å². The number of thiazole rings is 1. The zero-order valence-corrected chi connectivity index (χ0v) is 18.5. The molecule has 1 amide bonds. The van der Waals surface area contributed by atoms with Crippen LogP contribution in [0.25, 0.3) is 11.3 Å². The Bertz CT molecular complexity index is 1370. The van der Waals surface area contributed by atoms with E-state index < -0.39 is 0 Å². The summed E-state index contributed by atoms with van der Waals surface area (Å²) < 4.78 is 1.76. The molecule has 1 aliphatic rings. The molecular weight excluding hydrogens is 418 g/mol. The molecule has 6 nitrogen and oxygen atoms in total. The molecule has 0 aliphatic carbocycles. The number of hydrogen-bond donors (Lipinski definition) is 0. The first kappa shape index (κ1) is 20.1. The zero-order valence-electron chi connectivity index (χ0n) is 17.7. The van der Waals surface area contributed by atoms with Gasteiger partial charge in [-0.15, -0.1) is 11.3 Å². The van der Waals surface area contributed by atoms with E-state index in [2.05, 4.69) is 4.98 Å². The van der Waals surface area contributed by atoms with E-state index in [0.717, 1.165) is 28.2 Å². The van der Waals surface area contributed by atoms with Crippen LogP contribution in [0.2, 0.25) is 0 Å². The van der Waals surface area contributed by atoms with Crippen molar-refractivity contribution in [2.24, 2.45) is 10.1 Å². The summed E-state index contributed by atoms with van der Waals surface area (Å²) in [4.78, 5) is 24.8. The third kappa shape index (κ3) is 3.56. The summed E-state index contributed by atoms with van der Waals surface area (Å²) in [6, 6.07) is 21.5. The number of benzene rings is 2. The van der Waals surface area contributed by atoms with Gasteiger partial charge in [-0.1, -0.05) is 48.5 Å². The Morgan fingerprint density at radius 2 is 1.75 bits per heavy atom. The van der Waals surface area contributed by atoms with Crippen LogP contribution >= 0.6 is 11.3 Å². The van der Waals surface area contributed by atoms with Crippen molar-refractivity contribution in [2.45, 2.75) is 19.9 Å². The minimum atomic E-state index is -0.105. The molecule has 0 spiro atoms. The van der Waals surface area contributed by atoms with Gasteiger partial charge in [0.15, 0.2) is 5.71 Å². The lowest BCUT2D eigenvalue weighted by Crippen LogP contribution is -2.36. The summed E-state index contributed by atoms with van der Waals surface area (Å²) in [6.07, 6.45) is 3.42. The van der Waals surface area contributed by atoms with E-state index in [4.69, 9.17) is 10.1 Å². The minimum absolute atomic E-state index is 0.0250. The van der Waals surface area contributed by atoms with Gasteiger partial charge in [-0.3, -0.25) is 9.78 Å². The molecule has 3 heterocycles. The second-order valence-corrected chi connectivity index (χ2v) is 8.48. The fraction of sp³-hybridized carbons (Fsp3) is 0.120. The molecule has 5 rings (SSSR count). The standard InChI is InChI=1S/C25H21N5OS/c1-17(2)29-21-13-7-6-12-20(21)23(24(29)31)28-30-22(18-9-4-3-5-10-18)16-32-25(30)27-19-11-8-14-26-15-19/h3-17H,1-2H3. The Morgan fingerprint density at radius 1 is 0.969 bits per heavy atom. The smallest absolute Gasteiger partial charge is 0.279 e. The molecule has 0 bridgehead atoms. The number of amides is 1. The van der Waals surface area contributed by atoms with Crippen molar-refractivity contribution in [2.75, 3.05) is 4.90 Å². The van der Waals surface area contributed by atoms with Gasteiger partial charge in [0.05, 0.1) is 23.3 Å². The van der Waals surface area contributed by atoms with E-state index in [1.54, 1.807) is 22.0 Å². The Labute approximate surface area is 189 Å². The summed E-state index contributed by atoms with van der Waals surface area (Å²) >= 11 is 1.48. The first-order chi connectivity index (χ1) is 15.6. The lowest BCUT2D eigenvalue weighted by molar-refractivity contribution is -0.112. The van der Waals surface area contributed by atoms with E-state index >= 15 is 0 Å². The second kappa shape index (κ2) is 8.36. The van der Waals surface area contributed by atoms with E-state index in [1.807, 2.05) is 86.0 Å². The predicted octanol–water partition coefficient (Wildman–Crippen LogP) is 4.85. The number of carbonyl (C=O) groups excluding carboxylic acids is 1. The highest BCUT2D eigenvalue weighted by Gasteiger charge is 2.35. The fourth-order valence-electron chi connectivity index (χ4n) is 3.74. The molecule has 4 aromatic rings. The van der Waals surface area contributed by atoms with E-state index in [1.165, 1.54) is 11.3 Å².